The van der Waals surface area contributed by atoms with E-state index in [2.05, 4.69) is 55.0 Å². The van der Waals surface area contributed by atoms with E-state index in [4.69, 9.17) is 9.47 Å². The number of hydrogen-bond donors (Lipinski definition) is 0. The first kappa shape index (κ1) is 20.4. The molecule has 0 bridgehead atoms. The molecule has 7 heteroatoms. The van der Waals surface area contributed by atoms with Crippen molar-refractivity contribution in [3.63, 3.8) is 0 Å². The Morgan fingerprint density at radius 3 is 2.59 bits per heavy atom. The fourth-order valence-corrected chi connectivity index (χ4v) is 4.63. The van der Waals surface area contributed by atoms with Crippen LogP contribution in [0.2, 0.25) is 0 Å². The van der Waals surface area contributed by atoms with Crippen molar-refractivity contribution in [2.45, 2.75) is 37.4 Å². The summed E-state index contributed by atoms with van der Waals surface area (Å²) in [7, 11) is 0. The lowest BCUT2D eigenvalue weighted by Crippen LogP contribution is -2.21. The summed E-state index contributed by atoms with van der Waals surface area (Å²) >= 11 is 5.21. The number of benzene rings is 2. The van der Waals surface area contributed by atoms with Crippen LogP contribution in [0.1, 0.15) is 26.2 Å². The Bertz CT molecular complexity index is 922. The second kappa shape index (κ2) is 9.78. The fraction of sp³-hybridized carbons (Fsp3) is 0.364. The van der Waals surface area contributed by atoms with Crippen LogP contribution >= 0.6 is 27.7 Å². The Morgan fingerprint density at radius 2 is 1.90 bits per heavy atom. The molecule has 2 heterocycles. The number of rotatable bonds is 7. The molecule has 1 aliphatic rings. The Morgan fingerprint density at radius 1 is 1.10 bits per heavy atom. The molecule has 29 heavy (non-hydrogen) atoms. The van der Waals surface area contributed by atoms with Crippen LogP contribution in [-0.2, 0) is 4.74 Å². The predicted molar refractivity (Wildman–Crippen MR) is 120 cm³/mol. The zero-order valence-corrected chi connectivity index (χ0v) is 18.8. The van der Waals surface area contributed by atoms with Gasteiger partial charge in [0.2, 0.25) is 0 Å². The van der Waals surface area contributed by atoms with Gasteiger partial charge in [0.25, 0.3) is 0 Å². The lowest BCUT2D eigenvalue weighted by atomic mass is 10.1. The van der Waals surface area contributed by atoms with Gasteiger partial charge in [-0.05, 0) is 62.6 Å². The number of thioether (sulfide) groups is 1. The molecule has 152 valence electrons. The molecule has 0 spiro atoms. The molecular weight excluding hydrogens is 450 g/mol. The standard InChI is InChI=1S/C22H24BrN3O2S/c1-2-27-19-12-10-18(11-13-19)26-21(16-6-8-17(23)9-7-16)24-25-22(26)29-15-20-5-3-4-14-28-20/h6-13,20H,2-5,14-15H2,1H3. The normalized spacial score (nSPS) is 16.7. The van der Waals surface area contributed by atoms with E-state index < -0.39 is 0 Å². The summed E-state index contributed by atoms with van der Waals surface area (Å²) < 4.78 is 14.6. The maximum Gasteiger partial charge on any atom is 0.196 e. The van der Waals surface area contributed by atoms with Crippen LogP contribution in [0.5, 0.6) is 5.75 Å². The molecule has 1 aromatic heterocycles. The highest BCUT2D eigenvalue weighted by molar-refractivity contribution is 9.10. The summed E-state index contributed by atoms with van der Waals surface area (Å²) in [5.74, 6) is 2.57. The van der Waals surface area contributed by atoms with E-state index in [9.17, 15) is 0 Å². The first-order valence-corrected chi connectivity index (χ1v) is 11.7. The van der Waals surface area contributed by atoms with Gasteiger partial charge in [-0.25, -0.2) is 0 Å². The molecule has 1 unspecified atom stereocenters. The number of ether oxygens (including phenoxy) is 2. The summed E-state index contributed by atoms with van der Waals surface area (Å²) in [6.45, 7) is 3.50. The van der Waals surface area contributed by atoms with E-state index in [1.807, 2.05) is 31.2 Å². The molecule has 1 saturated heterocycles. The van der Waals surface area contributed by atoms with Crippen LogP contribution in [0.15, 0.2) is 58.2 Å². The lowest BCUT2D eigenvalue weighted by molar-refractivity contribution is 0.0315. The number of aromatic nitrogens is 3. The summed E-state index contributed by atoms with van der Waals surface area (Å²) in [6.07, 6.45) is 3.80. The van der Waals surface area contributed by atoms with Crippen LogP contribution in [-0.4, -0.2) is 39.8 Å². The van der Waals surface area contributed by atoms with Gasteiger partial charge >= 0.3 is 0 Å². The topological polar surface area (TPSA) is 49.2 Å². The van der Waals surface area contributed by atoms with Gasteiger partial charge in [-0.15, -0.1) is 10.2 Å². The molecule has 0 aliphatic carbocycles. The maximum atomic E-state index is 5.89. The van der Waals surface area contributed by atoms with Gasteiger partial charge in [-0.2, -0.15) is 0 Å². The summed E-state index contributed by atoms with van der Waals surface area (Å²) in [6, 6.07) is 16.2. The molecule has 4 rings (SSSR count). The molecule has 1 atom stereocenters. The van der Waals surface area contributed by atoms with Crippen molar-refractivity contribution in [1.82, 2.24) is 14.8 Å². The number of halogens is 1. The van der Waals surface area contributed by atoms with Crippen LogP contribution in [0.4, 0.5) is 0 Å². The van der Waals surface area contributed by atoms with Crippen molar-refractivity contribution in [3.05, 3.63) is 53.0 Å². The molecule has 3 aromatic rings. The summed E-state index contributed by atoms with van der Waals surface area (Å²) in [5.41, 5.74) is 2.04. The van der Waals surface area contributed by atoms with E-state index in [0.717, 1.165) is 57.7 Å². The molecule has 0 radical (unpaired) electrons. The van der Waals surface area contributed by atoms with E-state index in [0.29, 0.717) is 6.61 Å². The minimum absolute atomic E-state index is 0.287. The quantitative estimate of drug-likeness (QED) is 0.408. The van der Waals surface area contributed by atoms with E-state index >= 15 is 0 Å². The van der Waals surface area contributed by atoms with Crippen LogP contribution < -0.4 is 4.74 Å². The minimum Gasteiger partial charge on any atom is -0.494 e. The second-order valence-corrected chi connectivity index (χ2v) is 8.78. The molecular formula is C22H24BrN3O2S. The Kier molecular flexibility index (Phi) is 6.90. The van der Waals surface area contributed by atoms with Crippen molar-refractivity contribution in [2.75, 3.05) is 19.0 Å². The Hall–Kier alpha value is -1.83. The third kappa shape index (κ3) is 5.02. The van der Waals surface area contributed by atoms with Crippen molar-refractivity contribution < 1.29 is 9.47 Å². The number of nitrogens with zero attached hydrogens (tertiary/aromatic N) is 3. The molecule has 0 N–H and O–H groups in total. The molecule has 2 aromatic carbocycles. The first-order chi connectivity index (χ1) is 14.2. The number of hydrogen-bond acceptors (Lipinski definition) is 5. The van der Waals surface area contributed by atoms with Gasteiger partial charge in [0.15, 0.2) is 11.0 Å². The van der Waals surface area contributed by atoms with Crippen LogP contribution in [0.3, 0.4) is 0 Å². The molecule has 5 nitrogen and oxygen atoms in total. The van der Waals surface area contributed by atoms with Crippen LogP contribution in [0, 0.1) is 0 Å². The Balaban J connectivity index is 1.66. The van der Waals surface area contributed by atoms with Crippen molar-refractivity contribution in [1.29, 1.82) is 0 Å². The minimum atomic E-state index is 0.287. The average molecular weight is 474 g/mol. The van der Waals surface area contributed by atoms with Gasteiger partial charge in [0, 0.05) is 28.1 Å². The van der Waals surface area contributed by atoms with Crippen LogP contribution in [0.25, 0.3) is 17.1 Å². The maximum absolute atomic E-state index is 5.89. The monoisotopic (exact) mass is 473 g/mol. The Labute approximate surface area is 184 Å². The highest BCUT2D eigenvalue weighted by atomic mass is 79.9. The largest absolute Gasteiger partial charge is 0.494 e. The zero-order valence-electron chi connectivity index (χ0n) is 16.4. The predicted octanol–water partition coefficient (Wildman–Crippen LogP) is 5.76. The van der Waals surface area contributed by atoms with Crippen molar-refractivity contribution in [3.8, 4) is 22.8 Å². The van der Waals surface area contributed by atoms with Gasteiger partial charge < -0.3 is 9.47 Å². The van der Waals surface area contributed by atoms with E-state index in [-0.39, 0.29) is 6.10 Å². The van der Waals surface area contributed by atoms with Gasteiger partial charge in [-0.3, -0.25) is 4.57 Å². The molecule has 1 fully saturated rings. The summed E-state index contributed by atoms with van der Waals surface area (Å²) in [5, 5.41) is 9.91. The fourth-order valence-electron chi connectivity index (χ4n) is 3.35. The SMILES string of the molecule is CCOc1ccc(-n2c(SCC3CCCCO3)nnc2-c2ccc(Br)cc2)cc1. The van der Waals surface area contributed by atoms with Gasteiger partial charge in [-0.1, -0.05) is 39.8 Å². The third-order valence-electron chi connectivity index (χ3n) is 4.81. The molecule has 0 amide bonds. The van der Waals surface area contributed by atoms with Gasteiger partial charge in [0.05, 0.1) is 12.7 Å². The highest BCUT2D eigenvalue weighted by Gasteiger charge is 2.20. The molecule has 0 saturated carbocycles. The summed E-state index contributed by atoms with van der Waals surface area (Å²) in [4.78, 5) is 0. The molecule has 1 aliphatic heterocycles. The van der Waals surface area contributed by atoms with Gasteiger partial charge in [0.1, 0.15) is 5.75 Å². The highest BCUT2D eigenvalue weighted by Crippen LogP contribution is 2.31. The first-order valence-electron chi connectivity index (χ1n) is 9.93. The van der Waals surface area contributed by atoms with E-state index in [1.54, 1.807) is 11.8 Å². The van der Waals surface area contributed by atoms with Crippen molar-refractivity contribution >= 4 is 27.7 Å². The lowest BCUT2D eigenvalue weighted by Gasteiger charge is -2.22. The average Bonchev–Trinajstić information content (AvgIpc) is 3.18. The van der Waals surface area contributed by atoms with Crippen molar-refractivity contribution in [2.24, 2.45) is 0 Å². The smallest absolute Gasteiger partial charge is 0.196 e. The van der Waals surface area contributed by atoms with E-state index in [1.165, 1.54) is 6.42 Å². The third-order valence-corrected chi connectivity index (χ3v) is 6.40. The second-order valence-electron chi connectivity index (χ2n) is 6.87. The zero-order chi connectivity index (χ0) is 20.1.